The number of fused-ring (bicyclic) bond motifs is 3. The summed E-state index contributed by atoms with van der Waals surface area (Å²) < 4.78 is 13.8. The lowest BCUT2D eigenvalue weighted by atomic mass is 10.1. The third kappa shape index (κ3) is 1.88. The molecule has 1 aromatic heterocycles. The second kappa shape index (κ2) is 4.66. The van der Waals surface area contributed by atoms with Crippen molar-refractivity contribution in [3.8, 4) is 11.1 Å². The molecular weight excluding hydrogens is 265 g/mol. The van der Waals surface area contributed by atoms with Crippen molar-refractivity contribution in [2.24, 2.45) is 0 Å². The molecule has 0 saturated heterocycles. The Morgan fingerprint density at radius 1 is 0.905 bits per heavy atom. The molecule has 0 radical (unpaired) electrons. The van der Waals surface area contributed by atoms with E-state index in [9.17, 15) is 4.39 Å². The van der Waals surface area contributed by atoms with Crippen molar-refractivity contribution >= 4 is 5.82 Å². The van der Waals surface area contributed by atoms with E-state index in [-0.39, 0.29) is 11.9 Å². The van der Waals surface area contributed by atoms with Crippen molar-refractivity contribution in [3.05, 3.63) is 78.0 Å². The van der Waals surface area contributed by atoms with Crippen molar-refractivity contribution in [1.82, 2.24) is 9.97 Å². The predicted molar refractivity (Wildman–Crippen MR) is 79.3 cm³/mol. The first-order valence-electron chi connectivity index (χ1n) is 6.75. The molecule has 21 heavy (non-hydrogen) atoms. The van der Waals surface area contributed by atoms with Crippen LogP contribution in [0, 0.1) is 5.82 Å². The van der Waals surface area contributed by atoms with E-state index >= 15 is 0 Å². The minimum Gasteiger partial charge on any atom is -0.357 e. The van der Waals surface area contributed by atoms with E-state index < -0.39 is 5.82 Å². The van der Waals surface area contributed by atoms with Crippen LogP contribution in [0.4, 0.5) is 10.2 Å². The summed E-state index contributed by atoms with van der Waals surface area (Å²) in [5.74, 6) is -0.221. The van der Waals surface area contributed by atoms with Crippen LogP contribution in [0.25, 0.3) is 11.1 Å². The molecular formula is C17H12FN3. The highest BCUT2D eigenvalue weighted by molar-refractivity contribution is 5.79. The van der Waals surface area contributed by atoms with E-state index in [2.05, 4.69) is 39.6 Å². The molecule has 0 fully saturated rings. The monoisotopic (exact) mass is 277 g/mol. The molecule has 0 saturated carbocycles. The standard InChI is InChI=1S/C17H12FN3/c18-15-9-19-10-20-17(15)21-16-13-7-3-1-5-11(13)12-6-2-4-8-14(12)16/h1-10,16H,(H,19,20,21). The second-order valence-electron chi connectivity index (χ2n) is 4.97. The Morgan fingerprint density at radius 2 is 1.52 bits per heavy atom. The number of hydrogen-bond acceptors (Lipinski definition) is 3. The van der Waals surface area contributed by atoms with Crippen molar-refractivity contribution in [2.45, 2.75) is 6.04 Å². The van der Waals surface area contributed by atoms with Crippen LogP contribution in [-0.4, -0.2) is 9.97 Å². The number of rotatable bonds is 2. The van der Waals surface area contributed by atoms with Gasteiger partial charge in [-0.3, -0.25) is 0 Å². The Hall–Kier alpha value is -2.75. The summed E-state index contributed by atoms with van der Waals surface area (Å²) in [4.78, 5) is 7.67. The van der Waals surface area contributed by atoms with Gasteiger partial charge in [-0.25, -0.2) is 14.4 Å². The van der Waals surface area contributed by atoms with Gasteiger partial charge in [0.25, 0.3) is 0 Å². The highest BCUT2D eigenvalue weighted by atomic mass is 19.1. The van der Waals surface area contributed by atoms with Crippen LogP contribution in [0.3, 0.4) is 0 Å². The molecule has 4 heteroatoms. The summed E-state index contributed by atoms with van der Waals surface area (Å²) in [7, 11) is 0. The smallest absolute Gasteiger partial charge is 0.183 e. The number of aromatic nitrogens is 2. The van der Waals surface area contributed by atoms with Crippen LogP contribution < -0.4 is 5.32 Å². The molecule has 1 heterocycles. The van der Waals surface area contributed by atoms with Gasteiger partial charge in [-0.05, 0) is 22.3 Å². The fraction of sp³-hybridized carbons (Fsp3) is 0.0588. The van der Waals surface area contributed by atoms with Crippen LogP contribution in [0.15, 0.2) is 61.1 Å². The summed E-state index contributed by atoms with van der Waals surface area (Å²) in [6.45, 7) is 0. The molecule has 4 rings (SSSR count). The first-order chi connectivity index (χ1) is 10.3. The summed E-state index contributed by atoms with van der Waals surface area (Å²) in [6.07, 6.45) is 2.51. The van der Waals surface area contributed by atoms with Crippen molar-refractivity contribution in [2.75, 3.05) is 5.32 Å². The molecule has 0 bridgehead atoms. The first kappa shape index (κ1) is 12.0. The van der Waals surface area contributed by atoms with Crippen molar-refractivity contribution in [3.63, 3.8) is 0 Å². The summed E-state index contributed by atoms with van der Waals surface area (Å²) in [6, 6.07) is 16.2. The first-order valence-corrected chi connectivity index (χ1v) is 6.75. The number of anilines is 1. The molecule has 0 unspecified atom stereocenters. The quantitative estimate of drug-likeness (QED) is 0.774. The maximum absolute atomic E-state index is 13.8. The fourth-order valence-corrected chi connectivity index (χ4v) is 2.87. The van der Waals surface area contributed by atoms with Gasteiger partial charge in [0.05, 0.1) is 12.2 Å². The molecule has 102 valence electrons. The van der Waals surface area contributed by atoms with Gasteiger partial charge in [0, 0.05) is 0 Å². The molecule has 0 amide bonds. The van der Waals surface area contributed by atoms with Crippen LogP contribution in [-0.2, 0) is 0 Å². The topological polar surface area (TPSA) is 37.8 Å². The van der Waals surface area contributed by atoms with E-state index in [1.807, 2.05) is 24.3 Å². The van der Waals surface area contributed by atoms with E-state index in [0.717, 1.165) is 11.1 Å². The molecule has 3 aromatic rings. The highest BCUT2D eigenvalue weighted by Gasteiger charge is 2.28. The fourth-order valence-electron chi connectivity index (χ4n) is 2.87. The van der Waals surface area contributed by atoms with Gasteiger partial charge in [0.1, 0.15) is 6.33 Å². The number of benzene rings is 2. The predicted octanol–water partition coefficient (Wildman–Crippen LogP) is 3.80. The molecule has 3 nitrogen and oxygen atoms in total. The van der Waals surface area contributed by atoms with Crippen LogP contribution in [0.5, 0.6) is 0 Å². The highest BCUT2D eigenvalue weighted by Crippen LogP contribution is 2.44. The van der Waals surface area contributed by atoms with Crippen molar-refractivity contribution in [1.29, 1.82) is 0 Å². The van der Waals surface area contributed by atoms with E-state index in [1.165, 1.54) is 23.7 Å². The summed E-state index contributed by atoms with van der Waals surface area (Å²) in [5.41, 5.74) is 4.63. The number of nitrogens with zero attached hydrogens (tertiary/aromatic N) is 2. The second-order valence-corrected chi connectivity index (χ2v) is 4.97. The Morgan fingerprint density at radius 3 is 2.14 bits per heavy atom. The lowest BCUT2D eigenvalue weighted by molar-refractivity contribution is 0.615. The van der Waals surface area contributed by atoms with Gasteiger partial charge in [0.2, 0.25) is 0 Å². The van der Waals surface area contributed by atoms with Crippen LogP contribution >= 0.6 is 0 Å². The van der Waals surface area contributed by atoms with Gasteiger partial charge in [-0.1, -0.05) is 48.5 Å². The minimum absolute atomic E-state index is 0.0956. The Balaban J connectivity index is 1.84. The summed E-state index contributed by atoms with van der Waals surface area (Å²) >= 11 is 0. The third-order valence-corrected chi connectivity index (χ3v) is 3.78. The molecule has 0 spiro atoms. The molecule has 1 aliphatic carbocycles. The van der Waals surface area contributed by atoms with Crippen LogP contribution in [0.1, 0.15) is 17.2 Å². The minimum atomic E-state index is -0.445. The van der Waals surface area contributed by atoms with Gasteiger partial charge in [-0.15, -0.1) is 0 Å². The van der Waals surface area contributed by atoms with E-state index in [4.69, 9.17) is 0 Å². The van der Waals surface area contributed by atoms with E-state index in [0.29, 0.717) is 0 Å². The maximum Gasteiger partial charge on any atom is 0.183 e. The third-order valence-electron chi connectivity index (χ3n) is 3.78. The molecule has 0 atom stereocenters. The van der Waals surface area contributed by atoms with Gasteiger partial charge < -0.3 is 5.32 Å². The number of halogens is 1. The number of hydrogen-bond donors (Lipinski definition) is 1. The molecule has 1 N–H and O–H groups in total. The van der Waals surface area contributed by atoms with Crippen molar-refractivity contribution < 1.29 is 4.39 Å². The zero-order valence-electron chi connectivity index (χ0n) is 11.1. The Kier molecular flexibility index (Phi) is 2.67. The van der Waals surface area contributed by atoms with Gasteiger partial charge >= 0.3 is 0 Å². The normalized spacial score (nSPS) is 12.8. The lowest BCUT2D eigenvalue weighted by Gasteiger charge is -2.16. The average molecular weight is 277 g/mol. The average Bonchev–Trinajstić information content (AvgIpc) is 2.85. The number of nitrogens with one attached hydrogen (secondary N) is 1. The van der Waals surface area contributed by atoms with E-state index in [1.54, 1.807) is 0 Å². The maximum atomic E-state index is 13.8. The molecule has 1 aliphatic rings. The lowest BCUT2D eigenvalue weighted by Crippen LogP contribution is -2.11. The molecule has 0 aliphatic heterocycles. The summed E-state index contributed by atoms with van der Waals surface area (Å²) in [5, 5.41) is 3.20. The SMILES string of the molecule is Fc1cncnc1NC1c2ccccc2-c2ccccc21. The molecule has 2 aromatic carbocycles. The Labute approximate surface area is 121 Å². The van der Waals surface area contributed by atoms with Crippen LogP contribution in [0.2, 0.25) is 0 Å². The van der Waals surface area contributed by atoms with Gasteiger partial charge in [0.15, 0.2) is 11.6 Å². The largest absolute Gasteiger partial charge is 0.357 e. The zero-order chi connectivity index (χ0) is 14.2. The Bertz CT molecular complexity index is 771. The van der Waals surface area contributed by atoms with Gasteiger partial charge in [-0.2, -0.15) is 0 Å². The zero-order valence-corrected chi connectivity index (χ0v) is 11.1.